The highest BCUT2D eigenvalue weighted by molar-refractivity contribution is 7.14. The lowest BCUT2D eigenvalue weighted by Crippen LogP contribution is -2.23. The minimum Gasteiger partial charge on any atom is -0.482 e. The lowest BCUT2D eigenvalue weighted by atomic mass is 10.2. The van der Waals surface area contributed by atoms with Crippen molar-refractivity contribution < 1.29 is 28.2 Å². The van der Waals surface area contributed by atoms with Gasteiger partial charge in [0.05, 0.1) is 18.5 Å². The van der Waals surface area contributed by atoms with E-state index in [1.807, 2.05) is 0 Å². The monoisotopic (exact) mass is 483 g/mol. The van der Waals surface area contributed by atoms with Crippen molar-refractivity contribution in [2.45, 2.75) is 13.8 Å². The SMILES string of the molecule is COC(=O)COc1ccc(NC(=O)/C=C/c2csc(N(C(C)=O)c3ccccc3F)n2)c(C)c1. The fourth-order valence-electron chi connectivity index (χ4n) is 2.90. The van der Waals surface area contributed by atoms with Crippen molar-refractivity contribution in [1.82, 2.24) is 4.98 Å². The Kier molecular flexibility index (Phi) is 8.10. The van der Waals surface area contributed by atoms with Crippen LogP contribution < -0.4 is 15.0 Å². The van der Waals surface area contributed by atoms with Gasteiger partial charge in [-0.05, 0) is 48.9 Å². The Hall–Kier alpha value is -4.05. The molecule has 0 fully saturated rings. The Morgan fingerprint density at radius 1 is 1.21 bits per heavy atom. The third-order valence-corrected chi connectivity index (χ3v) is 5.40. The molecule has 3 rings (SSSR count). The first-order valence-corrected chi connectivity index (χ1v) is 11.0. The Morgan fingerprint density at radius 2 is 1.97 bits per heavy atom. The summed E-state index contributed by atoms with van der Waals surface area (Å²) < 4.78 is 24.0. The fraction of sp³-hybridized carbons (Fsp3) is 0.167. The van der Waals surface area contributed by atoms with E-state index in [0.717, 1.165) is 16.9 Å². The quantitative estimate of drug-likeness (QED) is 0.375. The summed E-state index contributed by atoms with van der Waals surface area (Å²) in [7, 11) is 1.28. The van der Waals surface area contributed by atoms with E-state index in [1.54, 1.807) is 36.6 Å². The van der Waals surface area contributed by atoms with Crippen LogP contribution in [0.25, 0.3) is 6.08 Å². The van der Waals surface area contributed by atoms with Gasteiger partial charge in [-0.15, -0.1) is 11.3 Å². The van der Waals surface area contributed by atoms with E-state index in [2.05, 4.69) is 15.0 Å². The third-order valence-electron chi connectivity index (χ3n) is 4.55. The van der Waals surface area contributed by atoms with E-state index in [9.17, 15) is 18.8 Å². The molecule has 0 unspecified atom stereocenters. The van der Waals surface area contributed by atoms with Gasteiger partial charge >= 0.3 is 5.97 Å². The van der Waals surface area contributed by atoms with Crippen LogP contribution >= 0.6 is 11.3 Å². The number of aryl methyl sites for hydroxylation is 1. The number of hydrogen-bond donors (Lipinski definition) is 1. The second-order valence-corrected chi connectivity index (χ2v) is 7.86. The smallest absolute Gasteiger partial charge is 0.343 e. The third kappa shape index (κ3) is 6.26. The maximum absolute atomic E-state index is 14.2. The molecule has 0 radical (unpaired) electrons. The number of carbonyl (C=O) groups excluding carboxylic acids is 3. The lowest BCUT2D eigenvalue weighted by molar-refractivity contribution is -0.142. The van der Waals surface area contributed by atoms with Crippen molar-refractivity contribution in [3.8, 4) is 5.75 Å². The maximum atomic E-state index is 14.2. The van der Waals surface area contributed by atoms with Gasteiger partial charge in [-0.2, -0.15) is 0 Å². The fourth-order valence-corrected chi connectivity index (χ4v) is 3.75. The molecule has 0 saturated heterocycles. The van der Waals surface area contributed by atoms with Crippen LogP contribution in [-0.4, -0.2) is 36.5 Å². The van der Waals surface area contributed by atoms with Crippen LogP contribution in [0.3, 0.4) is 0 Å². The van der Waals surface area contributed by atoms with Crippen molar-refractivity contribution >= 4 is 51.7 Å². The number of carbonyl (C=O) groups is 3. The summed E-state index contributed by atoms with van der Waals surface area (Å²) in [5, 5.41) is 4.70. The zero-order valence-electron chi connectivity index (χ0n) is 18.7. The first kappa shape index (κ1) is 24.6. The molecule has 0 atom stereocenters. The second-order valence-electron chi connectivity index (χ2n) is 7.02. The van der Waals surface area contributed by atoms with Gasteiger partial charge in [-0.25, -0.2) is 14.2 Å². The molecule has 34 heavy (non-hydrogen) atoms. The number of ether oxygens (including phenoxy) is 2. The van der Waals surface area contributed by atoms with Crippen molar-refractivity contribution in [3.63, 3.8) is 0 Å². The number of methoxy groups -OCH3 is 1. The Labute approximate surface area is 199 Å². The first-order chi connectivity index (χ1) is 16.3. The standard InChI is InChI=1S/C24H22FN3O5S/c1-15-12-18(33-13-23(31)32-3)9-10-20(15)27-22(30)11-8-17-14-34-24(26-17)28(16(2)29)21-7-5-4-6-19(21)25/h4-12,14H,13H2,1-3H3,(H,27,30)/b11-8+. The van der Waals surface area contributed by atoms with E-state index in [0.29, 0.717) is 17.1 Å². The number of thiazole rings is 1. The summed E-state index contributed by atoms with van der Waals surface area (Å²) in [5.74, 6) is -1.34. The number of amides is 2. The van der Waals surface area contributed by atoms with Gasteiger partial charge in [0, 0.05) is 24.1 Å². The summed E-state index contributed by atoms with van der Waals surface area (Å²) >= 11 is 1.15. The van der Waals surface area contributed by atoms with Crippen LogP contribution in [0.2, 0.25) is 0 Å². The van der Waals surface area contributed by atoms with Crippen LogP contribution in [0.15, 0.2) is 53.9 Å². The second kappa shape index (κ2) is 11.2. The maximum Gasteiger partial charge on any atom is 0.343 e. The minimum absolute atomic E-state index is 0.104. The van der Waals surface area contributed by atoms with Crippen molar-refractivity contribution in [3.05, 3.63) is 71.0 Å². The molecule has 0 spiro atoms. The minimum atomic E-state index is -0.540. The van der Waals surface area contributed by atoms with Gasteiger partial charge in [0.25, 0.3) is 0 Å². The van der Waals surface area contributed by atoms with E-state index in [1.165, 1.54) is 49.3 Å². The molecule has 0 saturated carbocycles. The zero-order chi connectivity index (χ0) is 24.7. The number of para-hydroxylation sites is 1. The molecule has 0 aliphatic heterocycles. The molecule has 2 amide bonds. The van der Waals surface area contributed by atoms with E-state index < -0.39 is 17.7 Å². The Bertz CT molecular complexity index is 1240. The van der Waals surface area contributed by atoms with E-state index in [-0.39, 0.29) is 23.3 Å². The molecule has 1 N–H and O–H groups in total. The highest BCUT2D eigenvalue weighted by atomic mass is 32.1. The summed E-state index contributed by atoms with van der Waals surface area (Å²) in [5.41, 5.74) is 1.86. The number of esters is 1. The zero-order valence-corrected chi connectivity index (χ0v) is 19.5. The number of benzene rings is 2. The Balaban J connectivity index is 1.66. The molecule has 0 aliphatic carbocycles. The average molecular weight is 484 g/mol. The molecular formula is C24H22FN3O5S. The van der Waals surface area contributed by atoms with Gasteiger partial charge in [0.2, 0.25) is 11.8 Å². The highest BCUT2D eigenvalue weighted by Gasteiger charge is 2.20. The predicted octanol–water partition coefficient (Wildman–Crippen LogP) is 4.48. The molecule has 0 aliphatic rings. The van der Waals surface area contributed by atoms with E-state index in [4.69, 9.17) is 4.74 Å². The lowest BCUT2D eigenvalue weighted by Gasteiger charge is -2.18. The molecule has 3 aromatic rings. The number of anilines is 3. The van der Waals surface area contributed by atoms with Crippen molar-refractivity contribution in [1.29, 1.82) is 0 Å². The van der Waals surface area contributed by atoms with Gasteiger partial charge in [-0.3, -0.25) is 14.5 Å². The number of halogens is 1. The van der Waals surface area contributed by atoms with Gasteiger partial charge in [0.15, 0.2) is 11.7 Å². The van der Waals surface area contributed by atoms with Crippen LogP contribution in [0.1, 0.15) is 18.2 Å². The summed E-state index contributed by atoms with van der Waals surface area (Å²) in [4.78, 5) is 41.2. The molecule has 176 valence electrons. The van der Waals surface area contributed by atoms with Gasteiger partial charge < -0.3 is 14.8 Å². The number of aromatic nitrogens is 1. The molecular weight excluding hydrogens is 461 g/mol. The van der Waals surface area contributed by atoms with E-state index >= 15 is 0 Å². The molecule has 2 aromatic carbocycles. The van der Waals surface area contributed by atoms with Crippen LogP contribution in [-0.2, 0) is 19.1 Å². The van der Waals surface area contributed by atoms with Crippen molar-refractivity contribution in [2.75, 3.05) is 23.9 Å². The highest BCUT2D eigenvalue weighted by Crippen LogP contribution is 2.31. The number of nitrogens with zero attached hydrogens (tertiary/aromatic N) is 2. The molecule has 1 heterocycles. The predicted molar refractivity (Wildman–Crippen MR) is 128 cm³/mol. The normalized spacial score (nSPS) is 10.7. The average Bonchev–Trinajstić information content (AvgIpc) is 3.27. The van der Waals surface area contributed by atoms with Gasteiger partial charge in [-0.1, -0.05) is 12.1 Å². The van der Waals surface area contributed by atoms with Crippen LogP contribution in [0, 0.1) is 12.7 Å². The largest absolute Gasteiger partial charge is 0.482 e. The number of hydrogen-bond acceptors (Lipinski definition) is 7. The molecule has 8 nitrogen and oxygen atoms in total. The first-order valence-electron chi connectivity index (χ1n) is 10.1. The van der Waals surface area contributed by atoms with Crippen LogP contribution in [0.4, 0.5) is 20.9 Å². The molecule has 10 heteroatoms. The topological polar surface area (TPSA) is 97.8 Å². The molecule has 0 bridgehead atoms. The van der Waals surface area contributed by atoms with Crippen molar-refractivity contribution in [2.24, 2.45) is 0 Å². The summed E-state index contributed by atoms with van der Waals surface area (Å²) in [6.45, 7) is 2.90. The Morgan fingerprint density at radius 3 is 2.65 bits per heavy atom. The van der Waals surface area contributed by atoms with Gasteiger partial charge in [0.1, 0.15) is 11.6 Å². The summed E-state index contributed by atoms with van der Waals surface area (Å²) in [6, 6.07) is 10.9. The number of nitrogens with one attached hydrogen (secondary N) is 1. The molecule has 1 aromatic heterocycles. The van der Waals surface area contributed by atoms with Crippen LogP contribution in [0.5, 0.6) is 5.75 Å². The summed E-state index contributed by atoms with van der Waals surface area (Å²) in [6.07, 6.45) is 2.80. The number of rotatable bonds is 8.